The number of benzene rings is 3. The van der Waals surface area contributed by atoms with E-state index in [1.807, 2.05) is 0 Å². The highest BCUT2D eigenvalue weighted by atomic mass is 15.3. The summed E-state index contributed by atoms with van der Waals surface area (Å²) in [5.41, 5.74) is 17.4. The third-order valence-electron chi connectivity index (χ3n) is 12.7. The maximum Gasteiger partial charge on any atom is 0.253 e. The maximum absolute atomic E-state index is 5.21. The van der Waals surface area contributed by atoms with E-state index in [-0.39, 0.29) is 33.8 Å². The normalized spacial score (nSPS) is 21.1. The molecular formula is C40H47BN4. The van der Waals surface area contributed by atoms with Gasteiger partial charge in [0, 0.05) is 10.8 Å². The molecule has 4 aliphatic rings. The van der Waals surface area contributed by atoms with Gasteiger partial charge < -0.3 is 0 Å². The van der Waals surface area contributed by atoms with Gasteiger partial charge in [-0.2, -0.15) is 10.2 Å². The molecule has 230 valence electrons. The van der Waals surface area contributed by atoms with Crippen molar-refractivity contribution in [2.45, 2.75) is 129 Å². The van der Waals surface area contributed by atoms with Gasteiger partial charge in [-0.15, -0.1) is 0 Å². The standard InChI is InChI=1S/C40H47BN4/c1-36(2,3)24-18-27-31-28(19-24)45-35-23(21-43-45)17-26-30(40(10,11)15-13-38(26,6)7)33(35)41(31)32-29-25(16-22-20-42-44(27)34(22)32)37(4,5)12-14-39(29,8)9/h16-21H,12-15H2,1-11H3. The summed E-state index contributed by atoms with van der Waals surface area (Å²) in [6.07, 6.45) is 9.07. The molecule has 4 heterocycles. The fourth-order valence-electron chi connectivity index (χ4n) is 9.81. The molecule has 5 aromatic rings. The molecule has 0 N–H and O–H groups in total. The fourth-order valence-corrected chi connectivity index (χ4v) is 9.81. The van der Waals surface area contributed by atoms with Gasteiger partial charge in [-0.05, 0) is 121 Å². The summed E-state index contributed by atoms with van der Waals surface area (Å²) in [6, 6.07) is 9.92. The Kier molecular flexibility index (Phi) is 4.94. The van der Waals surface area contributed by atoms with Gasteiger partial charge in [0.05, 0.1) is 34.8 Å². The first-order valence-corrected chi connectivity index (χ1v) is 17.2. The molecule has 3 aromatic carbocycles. The van der Waals surface area contributed by atoms with Crippen LogP contribution in [-0.2, 0) is 27.1 Å². The zero-order valence-corrected chi connectivity index (χ0v) is 29.2. The predicted octanol–water partition coefficient (Wildman–Crippen LogP) is 7.50. The molecule has 2 aliphatic carbocycles. The van der Waals surface area contributed by atoms with Crippen LogP contribution in [0.2, 0.25) is 0 Å². The minimum absolute atomic E-state index is 0.0101. The average molecular weight is 595 g/mol. The molecule has 0 bridgehead atoms. The lowest BCUT2D eigenvalue weighted by Gasteiger charge is -2.48. The van der Waals surface area contributed by atoms with E-state index in [1.54, 1.807) is 11.1 Å². The lowest BCUT2D eigenvalue weighted by Crippen LogP contribution is -2.64. The Morgan fingerprint density at radius 2 is 0.978 bits per heavy atom. The number of rotatable bonds is 0. The molecule has 45 heavy (non-hydrogen) atoms. The largest absolute Gasteiger partial charge is 0.253 e. The van der Waals surface area contributed by atoms with Crippen LogP contribution < -0.4 is 16.4 Å². The number of hydrogen-bond acceptors (Lipinski definition) is 2. The van der Waals surface area contributed by atoms with E-state index in [4.69, 9.17) is 10.2 Å². The van der Waals surface area contributed by atoms with Gasteiger partial charge in [0.2, 0.25) is 0 Å². The summed E-state index contributed by atoms with van der Waals surface area (Å²) in [5.74, 6) is 0. The summed E-state index contributed by atoms with van der Waals surface area (Å²) in [7, 11) is 0. The topological polar surface area (TPSA) is 35.6 Å². The minimum Gasteiger partial charge on any atom is -0.234 e. The highest BCUT2D eigenvalue weighted by molar-refractivity contribution is 7.00. The Labute approximate surface area is 268 Å². The SMILES string of the molecule is CC(C)(C)c1cc2c3c(c1)-n1ncc4cc5c(c(c41)B3c1c3c(cc4cnn-2c14)C(C)(C)CCC3(C)C)C(C)(C)CCC5(C)C. The van der Waals surface area contributed by atoms with E-state index in [0.717, 1.165) is 0 Å². The molecule has 0 saturated heterocycles. The van der Waals surface area contributed by atoms with Crippen LogP contribution in [0, 0.1) is 0 Å². The second kappa shape index (κ2) is 7.96. The molecule has 4 nitrogen and oxygen atoms in total. The molecule has 0 fully saturated rings. The third-order valence-corrected chi connectivity index (χ3v) is 12.7. The van der Waals surface area contributed by atoms with Crippen molar-refractivity contribution in [1.29, 1.82) is 0 Å². The molecule has 9 rings (SSSR count). The Bertz CT molecular complexity index is 2020. The van der Waals surface area contributed by atoms with Crippen molar-refractivity contribution in [3.63, 3.8) is 0 Å². The van der Waals surface area contributed by atoms with Crippen molar-refractivity contribution in [2.75, 3.05) is 0 Å². The molecule has 5 heteroatoms. The van der Waals surface area contributed by atoms with Crippen molar-refractivity contribution in [3.8, 4) is 11.4 Å². The molecule has 2 aliphatic heterocycles. The van der Waals surface area contributed by atoms with Crippen molar-refractivity contribution < 1.29 is 0 Å². The van der Waals surface area contributed by atoms with E-state index in [0.29, 0.717) is 0 Å². The van der Waals surface area contributed by atoms with Crippen LogP contribution in [0.25, 0.3) is 33.2 Å². The number of aromatic nitrogens is 4. The Morgan fingerprint density at radius 3 is 1.38 bits per heavy atom. The molecule has 0 spiro atoms. The zero-order valence-electron chi connectivity index (χ0n) is 29.2. The van der Waals surface area contributed by atoms with Crippen LogP contribution >= 0.6 is 0 Å². The first-order valence-electron chi connectivity index (χ1n) is 17.2. The first kappa shape index (κ1) is 27.9. The zero-order chi connectivity index (χ0) is 31.8. The van der Waals surface area contributed by atoms with Crippen LogP contribution in [0.3, 0.4) is 0 Å². The monoisotopic (exact) mass is 594 g/mol. The van der Waals surface area contributed by atoms with Gasteiger partial charge in [-0.3, -0.25) is 0 Å². The van der Waals surface area contributed by atoms with E-state index in [2.05, 4.69) is 122 Å². The van der Waals surface area contributed by atoms with Crippen molar-refractivity contribution in [1.82, 2.24) is 19.6 Å². The number of fused-ring (bicyclic) bond motifs is 8. The summed E-state index contributed by atoms with van der Waals surface area (Å²) in [4.78, 5) is 0. The second-order valence-corrected chi connectivity index (χ2v) is 18.6. The molecule has 0 unspecified atom stereocenters. The molecule has 0 amide bonds. The smallest absolute Gasteiger partial charge is 0.234 e. The summed E-state index contributed by atoms with van der Waals surface area (Å²) in [5, 5.41) is 13.0. The lowest BCUT2D eigenvalue weighted by atomic mass is 9.30. The van der Waals surface area contributed by atoms with Gasteiger partial charge in [-0.25, -0.2) is 9.36 Å². The Morgan fingerprint density at radius 1 is 0.578 bits per heavy atom. The molecular weight excluding hydrogens is 547 g/mol. The average Bonchev–Trinajstić information content (AvgIpc) is 3.58. The van der Waals surface area contributed by atoms with Gasteiger partial charge in [-0.1, -0.05) is 76.2 Å². The Balaban J connectivity index is 1.56. The Hall–Kier alpha value is -3.34. The van der Waals surface area contributed by atoms with Gasteiger partial charge in [0.25, 0.3) is 6.71 Å². The van der Waals surface area contributed by atoms with Crippen LogP contribution in [0.15, 0.2) is 36.7 Å². The van der Waals surface area contributed by atoms with Crippen molar-refractivity contribution >= 4 is 44.9 Å². The number of hydrogen-bond donors (Lipinski definition) is 0. The molecule has 0 atom stereocenters. The van der Waals surface area contributed by atoms with Crippen molar-refractivity contribution in [3.05, 3.63) is 64.5 Å². The molecule has 0 radical (unpaired) electrons. The van der Waals surface area contributed by atoms with Crippen LogP contribution in [0.1, 0.15) is 130 Å². The lowest BCUT2D eigenvalue weighted by molar-refractivity contribution is 0.333. The predicted molar refractivity (Wildman–Crippen MR) is 190 cm³/mol. The van der Waals surface area contributed by atoms with E-state index in [1.165, 1.54) is 91.9 Å². The van der Waals surface area contributed by atoms with Crippen molar-refractivity contribution in [2.24, 2.45) is 0 Å². The summed E-state index contributed by atoms with van der Waals surface area (Å²) < 4.78 is 4.62. The van der Waals surface area contributed by atoms with Crippen LogP contribution in [0.4, 0.5) is 0 Å². The summed E-state index contributed by atoms with van der Waals surface area (Å²) in [6.45, 7) is 27.0. The van der Waals surface area contributed by atoms with Gasteiger partial charge in [0.1, 0.15) is 0 Å². The number of nitrogens with zero attached hydrogens (tertiary/aromatic N) is 4. The van der Waals surface area contributed by atoms with Gasteiger partial charge >= 0.3 is 0 Å². The van der Waals surface area contributed by atoms with E-state index in [9.17, 15) is 0 Å². The third kappa shape index (κ3) is 3.35. The van der Waals surface area contributed by atoms with E-state index < -0.39 is 0 Å². The highest BCUT2D eigenvalue weighted by Crippen LogP contribution is 2.50. The highest BCUT2D eigenvalue weighted by Gasteiger charge is 2.51. The van der Waals surface area contributed by atoms with Crippen LogP contribution in [0.5, 0.6) is 0 Å². The first-order chi connectivity index (χ1) is 20.9. The molecule has 0 saturated carbocycles. The van der Waals surface area contributed by atoms with E-state index >= 15 is 0 Å². The maximum atomic E-state index is 5.21. The van der Waals surface area contributed by atoms with Crippen LogP contribution in [-0.4, -0.2) is 26.3 Å². The molecule has 2 aromatic heterocycles. The second-order valence-electron chi connectivity index (χ2n) is 18.6. The quantitative estimate of drug-likeness (QED) is 0.171. The summed E-state index contributed by atoms with van der Waals surface area (Å²) >= 11 is 0. The van der Waals surface area contributed by atoms with Gasteiger partial charge in [0.15, 0.2) is 0 Å². The fraction of sp³-hybridized carbons (Fsp3) is 0.500. The minimum atomic E-state index is -0.0101.